The van der Waals surface area contributed by atoms with Gasteiger partial charge in [0.1, 0.15) is 0 Å². The van der Waals surface area contributed by atoms with Crippen LogP contribution in [-0.4, -0.2) is 14.6 Å². The highest BCUT2D eigenvalue weighted by molar-refractivity contribution is 7.26. The lowest BCUT2D eigenvalue weighted by molar-refractivity contribution is 1.12. The van der Waals surface area contributed by atoms with Crippen LogP contribution >= 0.6 is 11.3 Å². The van der Waals surface area contributed by atoms with E-state index in [1.165, 1.54) is 53.2 Å². The van der Waals surface area contributed by atoms with Crippen LogP contribution in [0.5, 0.6) is 0 Å². The van der Waals surface area contributed by atoms with Crippen LogP contribution in [0.2, 0.25) is 0 Å². The van der Waals surface area contributed by atoms with Gasteiger partial charge in [-0.2, -0.15) is 0 Å². The maximum Gasteiger partial charge on any atom is 0.169 e. The minimum Gasteiger partial charge on any atom is -0.274 e. The van der Waals surface area contributed by atoms with E-state index in [4.69, 9.17) is 0 Å². The molecule has 0 amide bonds. The monoisotopic (exact) mass is 553 g/mol. The lowest BCUT2D eigenvalue weighted by Gasteiger charge is -2.12. The maximum absolute atomic E-state index is 4.64. The molecule has 0 spiro atoms. The molecular formula is C38H23N3S. The summed E-state index contributed by atoms with van der Waals surface area (Å²) < 4.78 is 4.87. The van der Waals surface area contributed by atoms with E-state index in [-0.39, 0.29) is 0 Å². The van der Waals surface area contributed by atoms with Crippen LogP contribution in [0.15, 0.2) is 140 Å². The van der Waals surface area contributed by atoms with E-state index in [9.17, 15) is 0 Å². The molecule has 0 N–H and O–H groups in total. The second-order valence-electron chi connectivity index (χ2n) is 10.7. The van der Waals surface area contributed by atoms with Gasteiger partial charge in [0.25, 0.3) is 0 Å². The summed E-state index contributed by atoms with van der Waals surface area (Å²) in [4.78, 5) is 0. The number of hydrogen-bond acceptors (Lipinski definition) is 3. The summed E-state index contributed by atoms with van der Waals surface area (Å²) in [5.74, 6) is 0.855. The summed E-state index contributed by atoms with van der Waals surface area (Å²) in [6.45, 7) is 0. The van der Waals surface area contributed by atoms with Crippen molar-refractivity contribution in [3.8, 4) is 33.6 Å². The summed E-state index contributed by atoms with van der Waals surface area (Å²) in [6.07, 6.45) is 0. The highest BCUT2D eigenvalue weighted by Crippen LogP contribution is 2.40. The van der Waals surface area contributed by atoms with Crippen LogP contribution in [0.1, 0.15) is 0 Å². The molecule has 196 valence electrons. The van der Waals surface area contributed by atoms with Gasteiger partial charge in [0.2, 0.25) is 0 Å². The summed E-state index contributed by atoms with van der Waals surface area (Å²) in [6, 6.07) is 49.9. The normalized spacial score (nSPS) is 11.8. The fourth-order valence-corrected chi connectivity index (χ4v) is 7.56. The lowest BCUT2D eigenvalue weighted by atomic mass is 9.97. The molecule has 4 heteroatoms. The fourth-order valence-electron chi connectivity index (χ4n) is 6.32. The van der Waals surface area contributed by atoms with Crippen molar-refractivity contribution in [3.63, 3.8) is 0 Å². The molecule has 0 aliphatic heterocycles. The molecule has 0 fully saturated rings. The average Bonchev–Trinajstić information content (AvgIpc) is 3.68. The third-order valence-electron chi connectivity index (χ3n) is 8.32. The molecule has 3 heterocycles. The van der Waals surface area contributed by atoms with E-state index >= 15 is 0 Å². The largest absolute Gasteiger partial charge is 0.274 e. The molecule has 0 aliphatic carbocycles. The van der Waals surface area contributed by atoms with Gasteiger partial charge in [0, 0.05) is 36.5 Å². The van der Waals surface area contributed by atoms with Gasteiger partial charge >= 0.3 is 0 Å². The Kier molecular flexibility index (Phi) is 5.07. The Morgan fingerprint density at radius 3 is 2.00 bits per heavy atom. The highest BCUT2D eigenvalue weighted by atomic mass is 32.1. The third kappa shape index (κ3) is 3.46. The van der Waals surface area contributed by atoms with E-state index in [2.05, 4.69) is 136 Å². The first-order valence-corrected chi connectivity index (χ1v) is 14.9. The van der Waals surface area contributed by atoms with Crippen molar-refractivity contribution in [2.75, 3.05) is 0 Å². The lowest BCUT2D eigenvalue weighted by Crippen LogP contribution is -1.94. The molecule has 42 heavy (non-hydrogen) atoms. The van der Waals surface area contributed by atoms with Gasteiger partial charge < -0.3 is 0 Å². The molecule has 0 saturated carbocycles. The van der Waals surface area contributed by atoms with Crippen LogP contribution < -0.4 is 0 Å². The van der Waals surface area contributed by atoms with Crippen LogP contribution in [0.25, 0.3) is 81.1 Å². The van der Waals surface area contributed by atoms with Crippen molar-refractivity contribution >= 4 is 58.8 Å². The highest BCUT2D eigenvalue weighted by Gasteiger charge is 2.16. The summed E-state index contributed by atoms with van der Waals surface area (Å²) in [5.41, 5.74) is 7.94. The van der Waals surface area contributed by atoms with Crippen molar-refractivity contribution < 1.29 is 0 Å². The number of fused-ring (bicyclic) bond motifs is 9. The topological polar surface area (TPSA) is 30.2 Å². The Morgan fingerprint density at radius 2 is 1.14 bits per heavy atom. The summed E-state index contributed by atoms with van der Waals surface area (Å²) in [5, 5.41) is 15.4. The predicted octanol–water partition coefficient (Wildman–Crippen LogP) is 10.4. The SMILES string of the molecule is c1ccc(-c2nnc3c4ccccc4c4cc(-c5ccc(-c6cccc7c6sc6ccccc67)cc5)ccc4n23)cc1. The standard InChI is InChI=1S/C38H23N3S/c1-2-9-26(10-3-1)37-39-40-38-32-13-5-4-11-29(32)33-23-27(21-22-34(33)41(37)38)24-17-19-25(20-18-24)28-14-8-15-31-30-12-6-7-16-35(30)42-36(28)31/h1-23H. The van der Waals surface area contributed by atoms with E-state index in [1.807, 2.05) is 29.5 Å². The molecular weight excluding hydrogens is 531 g/mol. The predicted molar refractivity (Wildman–Crippen MR) is 177 cm³/mol. The Hall–Kier alpha value is -5.32. The van der Waals surface area contributed by atoms with Crippen LogP contribution in [0.4, 0.5) is 0 Å². The zero-order chi connectivity index (χ0) is 27.6. The van der Waals surface area contributed by atoms with Gasteiger partial charge in [-0.1, -0.05) is 121 Å². The number of hydrogen-bond donors (Lipinski definition) is 0. The van der Waals surface area contributed by atoms with Gasteiger partial charge in [0.05, 0.1) is 5.52 Å². The number of thiophene rings is 1. The second-order valence-corrected chi connectivity index (χ2v) is 11.7. The van der Waals surface area contributed by atoms with Gasteiger partial charge in [-0.25, -0.2) is 0 Å². The Morgan fingerprint density at radius 1 is 0.452 bits per heavy atom. The van der Waals surface area contributed by atoms with E-state index < -0.39 is 0 Å². The van der Waals surface area contributed by atoms with Crippen LogP contribution in [-0.2, 0) is 0 Å². The maximum atomic E-state index is 4.64. The zero-order valence-corrected chi connectivity index (χ0v) is 23.3. The van der Waals surface area contributed by atoms with E-state index in [1.54, 1.807) is 0 Å². The first-order chi connectivity index (χ1) is 20.8. The number of rotatable bonds is 3. The molecule has 0 unspecified atom stereocenters. The molecule has 0 aliphatic rings. The van der Waals surface area contributed by atoms with Crippen LogP contribution in [0.3, 0.4) is 0 Å². The first kappa shape index (κ1) is 23.4. The molecule has 0 bridgehead atoms. The Labute approximate surface area is 245 Å². The van der Waals surface area contributed by atoms with E-state index in [0.717, 1.165) is 27.9 Å². The van der Waals surface area contributed by atoms with E-state index in [0.29, 0.717) is 0 Å². The molecule has 3 aromatic heterocycles. The molecule has 0 radical (unpaired) electrons. The zero-order valence-electron chi connectivity index (χ0n) is 22.5. The van der Waals surface area contributed by atoms with Crippen molar-refractivity contribution in [2.24, 2.45) is 0 Å². The number of benzene rings is 6. The molecule has 9 aromatic rings. The summed E-state index contributed by atoms with van der Waals surface area (Å²) >= 11 is 1.87. The van der Waals surface area contributed by atoms with Crippen molar-refractivity contribution in [1.29, 1.82) is 0 Å². The third-order valence-corrected chi connectivity index (χ3v) is 9.54. The molecule has 3 nitrogen and oxygen atoms in total. The second kappa shape index (κ2) is 9.10. The van der Waals surface area contributed by atoms with Gasteiger partial charge in [0.15, 0.2) is 11.5 Å². The van der Waals surface area contributed by atoms with Crippen molar-refractivity contribution in [1.82, 2.24) is 14.6 Å². The fraction of sp³-hybridized carbons (Fsp3) is 0. The van der Waals surface area contributed by atoms with Gasteiger partial charge in [-0.15, -0.1) is 21.5 Å². The smallest absolute Gasteiger partial charge is 0.169 e. The number of aromatic nitrogens is 3. The molecule has 0 atom stereocenters. The number of pyridine rings is 1. The van der Waals surface area contributed by atoms with Crippen LogP contribution in [0, 0.1) is 0 Å². The Bertz CT molecular complexity index is 2450. The Balaban J connectivity index is 1.20. The molecule has 9 rings (SSSR count). The number of nitrogens with zero attached hydrogens (tertiary/aromatic N) is 3. The molecule has 0 saturated heterocycles. The average molecular weight is 554 g/mol. The van der Waals surface area contributed by atoms with Crippen molar-refractivity contribution in [3.05, 3.63) is 140 Å². The minimum absolute atomic E-state index is 0.855. The van der Waals surface area contributed by atoms with Gasteiger partial charge in [-0.3, -0.25) is 4.40 Å². The molecule has 6 aromatic carbocycles. The summed E-state index contributed by atoms with van der Waals surface area (Å²) in [7, 11) is 0. The quantitative estimate of drug-likeness (QED) is 0.204. The first-order valence-electron chi connectivity index (χ1n) is 14.1. The van der Waals surface area contributed by atoms with Gasteiger partial charge in [-0.05, 0) is 45.8 Å². The minimum atomic E-state index is 0.855. The van der Waals surface area contributed by atoms with Crippen molar-refractivity contribution in [2.45, 2.75) is 0 Å².